The second kappa shape index (κ2) is 4.85. The Morgan fingerprint density at radius 2 is 2.19 bits per heavy atom. The first-order chi connectivity index (χ1) is 7.81. The Morgan fingerprint density at radius 1 is 1.44 bits per heavy atom. The number of hydrogen-bond donors (Lipinski definition) is 2. The van der Waals surface area contributed by atoms with Gasteiger partial charge in [-0.15, -0.1) is 0 Å². The molecule has 0 saturated heterocycles. The maximum atomic E-state index is 11.5. The van der Waals surface area contributed by atoms with Gasteiger partial charge in [0.05, 0.1) is 6.61 Å². The van der Waals surface area contributed by atoms with Crippen molar-refractivity contribution in [3.63, 3.8) is 0 Å². The zero-order valence-corrected chi connectivity index (χ0v) is 8.68. The van der Waals surface area contributed by atoms with Crippen molar-refractivity contribution in [2.24, 2.45) is 0 Å². The van der Waals surface area contributed by atoms with Crippen LogP contribution in [0, 0.1) is 0 Å². The molecule has 1 atom stereocenters. The van der Waals surface area contributed by atoms with E-state index in [1.165, 1.54) is 0 Å². The van der Waals surface area contributed by atoms with E-state index in [1.807, 2.05) is 12.1 Å². The number of nitrogens with one attached hydrogen (secondary N) is 1. The minimum atomic E-state index is -0.651. The molecule has 0 saturated carbocycles. The molecule has 5 nitrogen and oxygen atoms in total. The number of hydrogen-bond acceptors (Lipinski definition) is 4. The number of carbonyl (C=O) groups is 1. The molecule has 16 heavy (non-hydrogen) atoms. The van der Waals surface area contributed by atoms with E-state index in [0.717, 1.165) is 0 Å². The van der Waals surface area contributed by atoms with Crippen molar-refractivity contribution in [2.45, 2.75) is 6.10 Å². The van der Waals surface area contributed by atoms with E-state index >= 15 is 0 Å². The number of aliphatic hydroxyl groups is 1. The summed E-state index contributed by atoms with van der Waals surface area (Å²) in [5.74, 6) is 0.940. The molecular formula is C11H13NO4. The van der Waals surface area contributed by atoms with E-state index in [2.05, 4.69) is 5.32 Å². The van der Waals surface area contributed by atoms with Crippen LogP contribution in [0.3, 0.4) is 0 Å². The third kappa shape index (κ3) is 2.25. The molecule has 0 radical (unpaired) electrons. The van der Waals surface area contributed by atoms with Gasteiger partial charge in [0.15, 0.2) is 11.5 Å². The van der Waals surface area contributed by atoms with E-state index in [0.29, 0.717) is 11.5 Å². The molecular weight excluding hydrogens is 210 g/mol. The van der Waals surface area contributed by atoms with Crippen molar-refractivity contribution in [1.29, 1.82) is 0 Å². The predicted molar refractivity (Wildman–Crippen MR) is 56.4 cm³/mol. The van der Waals surface area contributed by atoms with Gasteiger partial charge in [-0.25, -0.2) is 0 Å². The van der Waals surface area contributed by atoms with Gasteiger partial charge in [0, 0.05) is 6.54 Å². The molecule has 0 aromatic heterocycles. The summed E-state index contributed by atoms with van der Waals surface area (Å²) in [7, 11) is 0. The average molecular weight is 223 g/mol. The summed E-state index contributed by atoms with van der Waals surface area (Å²) in [5, 5.41) is 11.1. The summed E-state index contributed by atoms with van der Waals surface area (Å²) in [6.45, 7) is 0.324. The lowest BCUT2D eigenvalue weighted by Crippen LogP contribution is -2.44. The molecule has 0 spiro atoms. The highest BCUT2D eigenvalue weighted by Gasteiger charge is 2.26. The minimum Gasteiger partial charge on any atom is -0.485 e. The first-order valence-electron chi connectivity index (χ1n) is 5.08. The van der Waals surface area contributed by atoms with Crippen LogP contribution in [0.4, 0.5) is 0 Å². The van der Waals surface area contributed by atoms with Crippen LogP contribution in [0.2, 0.25) is 0 Å². The van der Waals surface area contributed by atoms with Crippen molar-refractivity contribution in [1.82, 2.24) is 5.32 Å². The van der Waals surface area contributed by atoms with Crippen molar-refractivity contribution >= 4 is 5.91 Å². The van der Waals surface area contributed by atoms with Gasteiger partial charge in [-0.2, -0.15) is 0 Å². The topological polar surface area (TPSA) is 67.8 Å². The quantitative estimate of drug-likeness (QED) is 0.753. The number of aliphatic hydroxyl groups excluding tert-OH is 1. The highest BCUT2D eigenvalue weighted by molar-refractivity contribution is 5.81. The van der Waals surface area contributed by atoms with Crippen molar-refractivity contribution in [3.8, 4) is 11.5 Å². The molecule has 86 valence electrons. The van der Waals surface area contributed by atoms with E-state index in [9.17, 15) is 4.79 Å². The molecule has 0 unspecified atom stereocenters. The highest BCUT2D eigenvalue weighted by atomic mass is 16.6. The number of carbonyl (C=O) groups excluding carboxylic acids is 1. The van der Waals surface area contributed by atoms with Gasteiger partial charge in [-0.3, -0.25) is 4.79 Å². The Balaban J connectivity index is 1.99. The van der Waals surface area contributed by atoms with E-state index < -0.39 is 6.10 Å². The minimum absolute atomic E-state index is 0.0874. The lowest BCUT2D eigenvalue weighted by atomic mass is 10.2. The Bertz CT molecular complexity index is 380. The third-order valence-corrected chi connectivity index (χ3v) is 2.21. The van der Waals surface area contributed by atoms with Gasteiger partial charge in [-0.1, -0.05) is 12.1 Å². The largest absolute Gasteiger partial charge is 0.485 e. The summed E-state index contributed by atoms with van der Waals surface area (Å²) in [4.78, 5) is 11.5. The third-order valence-electron chi connectivity index (χ3n) is 2.21. The Labute approximate surface area is 93.0 Å². The molecule has 1 aliphatic heterocycles. The fraction of sp³-hybridized carbons (Fsp3) is 0.364. The normalized spacial score (nSPS) is 17.9. The Hall–Kier alpha value is -1.75. The molecule has 0 aliphatic carbocycles. The SMILES string of the molecule is O=C(NCCO)[C@@H]1COc2ccccc2O1. The second-order valence-corrected chi connectivity index (χ2v) is 3.38. The van der Waals surface area contributed by atoms with Crippen LogP contribution in [-0.2, 0) is 4.79 Å². The second-order valence-electron chi connectivity index (χ2n) is 3.38. The molecule has 1 aromatic carbocycles. The highest BCUT2D eigenvalue weighted by Crippen LogP contribution is 2.30. The van der Waals surface area contributed by atoms with Crippen molar-refractivity contribution in [2.75, 3.05) is 19.8 Å². The van der Waals surface area contributed by atoms with Crippen LogP contribution in [0.15, 0.2) is 24.3 Å². The van der Waals surface area contributed by atoms with Gasteiger partial charge in [0.1, 0.15) is 6.61 Å². The predicted octanol–water partition coefficient (Wildman–Crippen LogP) is -0.0651. The number of benzene rings is 1. The molecule has 5 heteroatoms. The zero-order chi connectivity index (χ0) is 11.4. The van der Waals surface area contributed by atoms with Crippen molar-refractivity contribution in [3.05, 3.63) is 24.3 Å². The molecule has 0 fully saturated rings. The summed E-state index contributed by atoms with van der Waals surface area (Å²) in [6, 6.07) is 7.20. The Kier molecular flexibility index (Phi) is 3.26. The summed E-state index contributed by atoms with van der Waals surface area (Å²) >= 11 is 0. The lowest BCUT2D eigenvalue weighted by molar-refractivity contribution is -0.130. The van der Waals surface area contributed by atoms with E-state index in [1.54, 1.807) is 12.1 Å². The first-order valence-corrected chi connectivity index (χ1v) is 5.08. The maximum Gasteiger partial charge on any atom is 0.264 e. The van der Waals surface area contributed by atoms with E-state index in [4.69, 9.17) is 14.6 Å². The van der Waals surface area contributed by atoms with Crippen LogP contribution < -0.4 is 14.8 Å². The van der Waals surface area contributed by atoms with Crippen molar-refractivity contribution < 1.29 is 19.4 Å². The molecule has 0 bridgehead atoms. The fourth-order valence-corrected chi connectivity index (χ4v) is 1.44. The molecule has 1 aliphatic rings. The zero-order valence-electron chi connectivity index (χ0n) is 8.68. The standard InChI is InChI=1S/C11H13NO4/c13-6-5-12-11(14)10-7-15-8-3-1-2-4-9(8)16-10/h1-4,10,13H,5-7H2,(H,12,14)/t10-/m0/s1. The van der Waals surface area contributed by atoms with Gasteiger partial charge in [0.25, 0.3) is 5.91 Å². The number of rotatable bonds is 3. The molecule has 2 N–H and O–H groups in total. The van der Waals surface area contributed by atoms with Gasteiger partial charge in [0.2, 0.25) is 6.10 Å². The fourth-order valence-electron chi connectivity index (χ4n) is 1.44. The molecule has 1 aromatic rings. The van der Waals surface area contributed by atoms with Crippen LogP contribution in [0.5, 0.6) is 11.5 Å². The smallest absolute Gasteiger partial charge is 0.264 e. The number of amides is 1. The lowest BCUT2D eigenvalue weighted by Gasteiger charge is -2.25. The Morgan fingerprint density at radius 3 is 2.94 bits per heavy atom. The molecule has 1 amide bonds. The molecule has 2 rings (SSSR count). The van der Waals surface area contributed by atoms with Crippen LogP contribution >= 0.6 is 0 Å². The summed E-state index contributed by atoms with van der Waals surface area (Å²) < 4.78 is 10.9. The van der Waals surface area contributed by atoms with Crippen LogP contribution in [0.1, 0.15) is 0 Å². The number of ether oxygens (including phenoxy) is 2. The van der Waals surface area contributed by atoms with Gasteiger partial charge < -0.3 is 19.9 Å². The molecule has 1 heterocycles. The summed E-state index contributed by atoms with van der Waals surface area (Å²) in [6.07, 6.45) is -0.651. The van der Waals surface area contributed by atoms with Crippen LogP contribution in [0.25, 0.3) is 0 Å². The maximum absolute atomic E-state index is 11.5. The van der Waals surface area contributed by atoms with E-state index in [-0.39, 0.29) is 25.7 Å². The van der Waals surface area contributed by atoms with Gasteiger partial charge in [-0.05, 0) is 12.1 Å². The monoisotopic (exact) mass is 223 g/mol. The van der Waals surface area contributed by atoms with Crippen LogP contribution in [-0.4, -0.2) is 36.9 Å². The van der Waals surface area contributed by atoms with Gasteiger partial charge >= 0.3 is 0 Å². The first kappa shape index (κ1) is 10.8. The average Bonchev–Trinajstić information content (AvgIpc) is 2.35. The number of para-hydroxylation sites is 2. The number of fused-ring (bicyclic) bond motifs is 1. The summed E-state index contributed by atoms with van der Waals surface area (Å²) in [5.41, 5.74) is 0.